The zero-order valence-electron chi connectivity index (χ0n) is 9.11. The zero-order chi connectivity index (χ0) is 11.8. The van der Waals surface area contributed by atoms with Gasteiger partial charge in [0.15, 0.2) is 6.10 Å². The first-order chi connectivity index (χ1) is 7.70. The summed E-state index contributed by atoms with van der Waals surface area (Å²) in [6, 6.07) is 0. The highest BCUT2D eigenvalue weighted by atomic mass is 16.6. The molecular formula is C10H17NO5. The van der Waals surface area contributed by atoms with E-state index in [2.05, 4.69) is 5.32 Å². The average Bonchev–Trinajstić information content (AvgIpc) is 2.29. The quantitative estimate of drug-likeness (QED) is 0.617. The van der Waals surface area contributed by atoms with E-state index in [1.54, 1.807) is 0 Å². The Bertz CT molecular complexity index is 237. The van der Waals surface area contributed by atoms with Gasteiger partial charge >= 0.3 is 5.97 Å². The largest absolute Gasteiger partial charge is 0.481 e. The van der Waals surface area contributed by atoms with Crippen molar-refractivity contribution in [3.05, 3.63) is 0 Å². The molecule has 1 rings (SSSR count). The second-order valence-corrected chi connectivity index (χ2v) is 3.58. The van der Waals surface area contributed by atoms with E-state index in [0.717, 1.165) is 0 Å². The van der Waals surface area contributed by atoms with E-state index in [9.17, 15) is 9.59 Å². The van der Waals surface area contributed by atoms with E-state index in [-0.39, 0.29) is 12.3 Å². The molecule has 0 aliphatic carbocycles. The van der Waals surface area contributed by atoms with Gasteiger partial charge in [-0.25, -0.2) is 0 Å². The summed E-state index contributed by atoms with van der Waals surface area (Å²) >= 11 is 0. The molecule has 6 nitrogen and oxygen atoms in total. The molecule has 0 aromatic heterocycles. The second kappa shape index (κ2) is 7.19. The standard InChI is InChI=1S/C10H17NO5/c12-9(13)3-1-2-4-11-10(14)8-7-15-5-6-16-8/h8H,1-7H2,(H,11,14)(H,12,13). The zero-order valence-corrected chi connectivity index (χ0v) is 9.11. The van der Waals surface area contributed by atoms with Crippen molar-refractivity contribution in [2.24, 2.45) is 0 Å². The number of unbranched alkanes of at least 4 members (excludes halogenated alkanes) is 1. The van der Waals surface area contributed by atoms with Gasteiger partial charge in [0.05, 0.1) is 19.8 Å². The number of ether oxygens (including phenoxy) is 2. The number of carbonyl (C=O) groups excluding carboxylic acids is 1. The lowest BCUT2D eigenvalue weighted by atomic mass is 10.2. The van der Waals surface area contributed by atoms with E-state index >= 15 is 0 Å². The molecular weight excluding hydrogens is 214 g/mol. The van der Waals surface area contributed by atoms with Crippen molar-refractivity contribution >= 4 is 11.9 Å². The lowest BCUT2D eigenvalue weighted by Gasteiger charge is -2.21. The van der Waals surface area contributed by atoms with Gasteiger partial charge in [-0.15, -0.1) is 0 Å². The number of hydrogen-bond acceptors (Lipinski definition) is 4. The highest BCUT2D eigenvalue weighted by Gasteiger charge is 2.21. The average molecular weight is 231 g/mol. The third kappa shape index (κ3) is 5.09. The van der Waals surface area contributed by atoms with E-state index in [1.165, 1.54) is 0 Å². The smallest absolute Gasteiger partial charge is 0.303 e. The summed E-state index contributed by atoms with van der Waals surface area (Å²) in [5, 5.41) is 11.1. The highest BCUT2D eigenvalue weighted by molar-refractivity contribution is 5.80. The lowest BCUT2D eigenvalue weighted by molar-refractivity contribution is -0.147. The van der Waals surface area contributed by atoms with Gasteiger partial charge < -0.3 is 19.9 Å². The predicted molar refractivity (Wildman–Crippen MR) is 55.1 cm³/mol. The molecule has 0 radical (unpaired) electrons. The molecule has 1 aliphatic rings. The van der Waals surface area contributed by atoms with Crippen molar-refractivity contribution in [2.75, 3.05) is 26.4 Å². The number of hydrogen-bond donors (Lipinski definition) is 2. The molecule has 1 fully saturated rings. The molecule has 16 heavy (non-hydrogen) atoms. The van der Waals surface area contributed by atoms with Crippen LogP contribution in [-0.4, -0.2) is 49.5 Å². The van der Waals surface area contributed by atoms with E-state index in [1.807, 2.05) is 0 Å². The van der Waals surface area contributed by atoms with Crippen LogP contribution in [0.15, 0.2) is 0 Å². The summed E-state index contributed by atoms with van der Waals surface area (Å²) in [5.74, 6) is -0.995. The molecule has 92 valence electrons. The Balaban J connectivity index is 2.03. The molecule has 2 N–H and O–H groups in total. The van der Waals surface area contributed by atoms with Crippen LogP contribution in [0.5, 0.6) is 0 Å². The van der Waals surface area contributed by atoms with Crippen LogP contribution in [-0.2, 0) is 19.1 Å². The SMILES string of the molecule is O=C(O)CCCCNC(=O)C1COCCO1. The molecule has 1 saturated heterocycles. The van der Waals surface area contributed by atoms with Gasteiger partial charge in [0.25, 0.3) is 5.91 Å². The minimum atomic E-state index is -0.810. The van der Waals surface area contributed by atoms with Crippen molar-refractivity contribution in [3.63, 3.8) is 0 Å². The minimum absolute atomic E-state index is 0.138. The maximum absolute atomic E-state index is 11.5. The van der Waals surface area contributed by atoms with Crippen molar-refractivity contribution in [1.82, 2.24) is 5.32 Å². The normalized spacial score (nSPS) is 20.4. The molecule has 0 spiro atoms. The summed E-state index contributed by atoms with van der Waals surface area (Å²) in [6.07, 6.45) is 0.843. The molecule has 6 heteroatoms. The molecule has 0 bridgehead atoms. The fourth-order valence-corrected chi connectivity index (χ4v) is 1.37. The Morgan fingerprint density at radius 3 is 2.75 bits per heavy atom. The van der Waals surface area contributed by atoms with Gasteiger partial charge in [-0.05, 0) is 12.8 Å². The second-order valence-electron chi connectivity index (χ2n) is 3.58. The summed E-state index contributed by atoms with van der Waals surface area (Å²) in [4.78, 5) is 21.7. The Morgan fingerprint density at radius 1 is 1.31 bits per heavy atom. The number of carboxylic acid groups (broad SMARTS) is 1. The minimum Gasteiger partial charge on any atom is -0.481 e. The monoisotopic (exact) mass is 231 g/mol. The number of aliphatic carboxylic acids is 1. The van der Waals surface area contributed by atoms with E-state index < -0.39 is 12.1 Å². The van der Waals surface area contributed by atoms with Crippen LogP contribution >= 0.6 is 0 Å². The first-order valence-electron chi connectivity index (χ1n) is 5.39. The number of rotatable bonds is 6. The fraction of sp³-hybridized carbons (Fsp3) is 0.800. The third-order valence-corrected chi connectivity index (χ3v) is 2.23. The number of amides is 1. The van der Waals surface area contributed by atoms with Crippen LogP contribution < -0.4 is 5.32 Å². The van der Waals surface area contributed by atoms with Crippen LogP contribution in [0.3, 0.4) is 0 Å². The molecule has 1 unspecified atom stereocenters. The van der Waals surface area contributed by atoms with Crippen molar-refractivity contribution in [1.29, 1.82) is 0 Å². The van der Waals surface area contributed by atoms with Crippen molar-refractivity contribution < 1.29 is 24.2 Å². The van der Waals surface area contributed by atoms with Gasteiger partial charge in [-0.1, -0.05) is 0 Å². The summed E-state index contributed by atoms with van der Waals surface area (Å²) in [7, 11) is 0. The number of carbonyl (C=O) groups is 2. The topological polar surface area (TPSA) is 84.9 Å². The van der Waals surface area contributed by atoms with Crippen molar-refractivity contribution in [3.8, 4) is 0 Å². The summed E-state index contributed by atoms with van der Waals surface area (Å²) in [5.41, 5.74) is 0. The van der Waals surface area contributed by atoms with Crippen LogP contribution in [0.25, 0.3) is 0 Å². The molecule has 1 amide bonds. The van der Waals surface area contributed by atoms with E-state index in [0.29, 0.717) is 39.2 Å². The van der Waals surface area contributed by atoms with Crippen LogP contribution in [0.2, 0.25) is 0 Å². The van der Waals surface area contributed by atoms with Crippen LogP contribution in [0.4, 0.5) is 0 Å². The Labute approximate surface area is 93.9 Å². The summed E-state index contributed by atoms with van der Waals surface area (Å²) < 4.78 is 10.3. The maximum atomic E-state index is 11.5. The number of carboxylic acids is 1. The van der Waals surface area contributed by atoms with Crippen LogP contribution in [0.1, 0.15) is 19.3 Å². The van der Waals surface area contributed by atoms with Crippen molar-refractivity contribution in [2.45, 2.75) is 25.4 Å². The maximum Gasteiger partial charge on any atom is 0.303 e. The Morgan fingerprint density at radius 2 is 2.12 bits per heavy atom. The Hall–Kier alpha value is -1.14. The Kier molecular flexibility index (Phi) is 5.81. The van der Waals surface area contributed by atoms with Crippen LogP contribution in [0, 0.1) is 0 Å². The third-order valence-electron chi connectivity index (χ3n) is 2.23. The molecule has 0 aromatic rings. The molecule has 1 aliphatic heterocycles. The van der Waals surface area contributed by atoms with E-state index in [4.69, 9.17) is 14.6 Å². The van der Waals surface area contributed by atoms with Gasteiger partial charge in [-0.2, -0.15) is 0 Å². The summed E-state index contributed by atoms with van der Waals surface area (Å²) in [6.45, 7) is 1.74. The molecule has 1 heterocycles. The first kappa shape index (κ1) is 12.9. The van der Waals surface area contributed by atoms with Gasteiger partial charge in [0.1, 0.15) is 0 Å². The molecule has 0 saturated carbocycles. The number of nitrogens with one attached hydrogen (secondary N) is 1. The van der Waals surface area contributed by atoms with Gasteiger partial charge in [-0.3, -0.25) is 9.59 Å². The fourth-order valence-electron chi connectivity index (χ4n) is 1.37. The highest BCUT2D eigenvalue weighted by Crippen LogP contribution is 2.01. The van der Waals surface area contributed by atoms with Gasteiger partial charge in [0, 0.05) is 13.0 Å². The predicted octanol–water partition coefficient (Wildman–Crippen LogP) is -0.227. The molecule has 1 atom stereocenters. The lowest BCUT2D eigenvalue weighted by Crippen LogP contribution is -2.43. The molecule has 0 aromatic carbocycles. The first-order valence-corrected chi connectivity index (χ1v) is 5.39. The van der Waals surface area contributed by atoms with Gasteiger partial charge in [0.2, 0.25) is 0 Å².